The van der Waals surface area contributed by atoms with Gasteiger partial charge >= 0.3 is 5.97 Å². The summed E-state index contributed by atoms with van der Waals surface area (Å²) in [5.74, 6) is -0.429. The van der Waals surface area contributed by atoms with E-state index in [1.807, 2.05) is 30.5 Å². The van der Waals surface area contributed by atoms with E-state index in [4.69, 9.17) is 0 Å². The Kier molecular flexibility index (Phi) is 6.50. The quantitative estimate of drug-likeness (QED) is 0.238. The lowest BCUT2D eigenvalue weighted by Crippen LogP contribution is -2.14. The van der Waals surface area contributed by atoms with Gasteiger partial charge in [-0.05, 0) is 54.6 Å². The van der Waals surface area contributed by atoms with Gasteiger partial charge in [-0.15, -0.1) is 10.2 Å². The van der Waals surface area contributed by atoms with Crippen LogP contribution in [0.1, 0.15) is 10.4 Å². The summed E-state index contributed by atoms with van der Waals surface area (Å²) in [6.45, 7) is 0. The number of rotatable bonds is 7. The lowest BCUT2D eigenvalue weighted by Gasteiger charge is -2.10. The summed E-state index contributed by atoms with van der Waals surface area (Å²) in [4.78, 5) is 27.4. The van der Waals surface area contributed by atoms with Crippen molar-refractivity contribution in [2.24, 2.45) is 0 Å². The fraction of sp³-hybridized carbons (Fsp3) is 0.0769. The van der Waals surface area contributed by atoms with E-state index >= 15 is 0 Å². The number of halogens is 1. The predicted octanol–water partition coefficient (Wildman–Crippen LogP) is 5.07. The van der Waals surface area contributed by atoms with Gasteiger partial charge in [-0.1, -0.05) is 30.0 Å². The van der Waals surface area contributed by atoms with Crippen molar-refractivity contribution in [3.05, 3.63) is 90.4 Å². The molecule has 0 atom stereocenters. The molecule has 2 aromatic heterocycles. The Morgan fingerprint density at radius 2 is 1.78 bits per heavy atom. The van der Waals surface area contributed by atoms with Crippen molar-refractivity contribution in [1.82, 2.24) is 19.7 Å². The van der Waals surface area contributed by atoms with Gasteiger partial charge in [0.25, 0.3) is 0 Å². The maximum Gasteiger partial charge on any atom is 0.337 e. The summed E-state index contributed by atoms with van der Waals surface area (Å²) in [5, 5.41) is 13.0. The smallest absolute Gasteiger partial charge is 0.337 e. The number of carbonyl (C=O) groups excluding carboxylic acids is 2. The van der Waals surface area contributed by atoms with E-state index in [2.05, 4.69) is 25.2 Å². The summed E-state index contributed by atoms with van der Waals surface area (Å²) >= 11 is 1.21. The molecule has 0 aliphatic heterocycles. The molecular formula is C26H20FN5O3S. The normalized spacial score (nSPS) is 10.9. The molecule has 2 N–H and O–H groups in total. The zero-order valence-corrected chi connectivity index (χ0v) is 19.9. The van der Waals surface area contributed by atoms with Crippen molar-refractivity contribution in [1.29, 1.82) is 0 Å². The van der Waals surface area contributed by atoms with Gasteiger partial charge in [0.05, 0.1) is 18.4 Å². The Hall–Kier alpha value is -4.44. The van der Waals surface area contributed by atoms with Crippen molar-refractivity contribution in [2.45, 2.75) is 5.16 Å². The third kappa shape index (κ3) is 4.71. The van der Waals surface area contributed by atoms with Crippen LogP contribution >= 0.6 is 11.8 Å². The number of nitrogens with one attached hydrogen (secondary N) is 2. The average Bonchev–Trinajstić information content (AvgIpc) is 3.52. The number of thioether (sulfide) groups is 1. The number of amides is 1. The highest BCUT2D eigenvalue weighted by atomic mass is 32.2. The molecule has 1 amide bonds. The summed E-state index contributed by atoms with van der Waals surface area (Å²) in [7, 11) is 1.31. The molecule has 0 saturated heterocycles. The van der Waals surface area contributed by atoms with Crippen molar-refractivity contribution in [3.8, 4) is 17.1 Å². The predicted molar refractivity (Wildman–Crippen MR) is 136 cm³/mol. The van der Waals surface area contributed by atoms with Crippen LogP contribution in [0.15, 0.2) is 84.1 Å². The first-order chi connectivity index (χ1) is 17.5. The van der Waals surface area contributed by atoms with Crippen molar-refractivity contribution >= 4 is 40.2 Å². The number of hydrogen-bond acceptors (Lipinski definition) is 6. The number of nitrogens with zero attached hydrogens (tertiary/aromatic N) is 3. The number of H-pyrrole nitrogens is 1. The van der Waals surface area contributed by atoms with Crippen LogP contribution in [0.4, 0.5) is 10.1 Å². The van der Waals surface area contributed by atoms with Gasteiger partial charge in [0, 0.05) is 34.0 Å². The van der Waals surface area contributed by atoms with Crippen molar-refractivity contribution < 1.29 is 18.7 Å². The summed E-state index contributed by atoms with van der Waals surface area (Å²) in [5.41, 5.74) is 3.40. The lowest BCUT2D eigenvalue weighted by atomic mass is 10.1. The summed E-state index contributed by atoms with van der Waals surface area (Å²) in [6.07, 6.45) is 1.86. The van der Waals surface area contributed by atoms with Crippen LogP contribution in [0.3, 0.4) is 0 Å². The number of carbonyl (C=O) groups is 2. The number of methoxy groups -OCH3 is 1. The van der Waals surface area contributed by atoms with E-state index in [0.717, 1.165) is 16.5 Å². The average molecular weight is 502 g/mol. The fourth-order valence-electron chi connectivity index (χ4n) is 3.75. The maximum atomic E-state index is 13.6. The molecule has 5 rings (SSSR count). The SMILES string of the molecule is COC(=O)c1ccc(NC(=O)CSc2nnc(-c3c[nH]c4ccccc34)n2-c2ccc(F)cc2)cc1. The van der Waals surface area contributed by atoms with Crippen LogP contribution in [0, 0.1) is 5.82 Å². The van der Waals surface area contributed by atoms with Crippen LogP contribution in [0.25, 0.3) is 28.0 Å². The van der Waals surface area contributed by atoms with Gasteiger partial charge in [0.15, 0.2) is 11.0 Å². The van der Waals surface area contributed by atoms with Crippen LogP contribution in [-0.4, -0.2) is 44.5 Å². The van der Waals surface area contributed by atoms with Crippen LogP contribution < -0.4 is 5.32 Å². The van der Waals surface area contributed by atoms with Crippen LogP contribution in [-0.2, 0) is 9.53 Å². The summed E-state index contributed by atoms with van der Waals surface area (Å²) < 4.78 is 20.1. The van der Waals surface area contributed by atoms with Gasteiger partial charge in [-0.2, -0.15) is 0 Å². The summed E-state index contributed by atoms with van der Waals surface area (Å²) in [6, 6.07) is 20.3. The molecule has 2 heterocycles. The molecule has 0 fully saturated rings. The van der Waals surface area contributed by atoms with E-state index in [1.54, 1.807) is 41.0 Å². The Labute approximate surface area is 209 Å². The molecule has 0 unspecified atom stereocenters. The van der Waals surface area contributed by atoms with E-state index in [9.17, 15) is 14.0 Å². The molecule has 3 aromatic carbocycles. The lowest BCUT2D eigenvalue weighted by molar-refractivity contribution is -0.113. The number of aromatic nitrogens is 4. The molecule has 0 bridgehead atoms. The molecule has 0 radical (unpaired) electrons. The third-order valence-corrected chi connectivity index (χ3v) is 6.40. The Balaban J connectivity index is 1.40. The minimum absolute atomic E-state index is 0.0615. The van der Waals surface area contributed by atoms with Gasteiger partial charge in [0.2, 0.25) is 5.91 Å². The zero-order valence-electron chi connectivity index (χ0n) is 19.1. The monoisotopic (exact) mass is 501 g/mol. The van der Waals surface area contributed by atoms with Crippen molar-refractivity contribution in [3.63, 3.8) is 0 Å². The number of ether oxygens (including phenoxy) is 1. The van der Waals surface area contributed by atoms with Gasteiger partial charge in [0.1, 0.15) is 5.82 Å². The van der Waals surface area contributed by atoms with E-state index in [-0.39, 0.29) is 17.5 Å². The topological polar surface area (TPSA) is 102 Å². The molecule has 0 aliphatic rings. The Bertz CT molecular complexity index is 1540. The minimum Gasteiger partial charge on any atom is -0.465 e. The van der Waals surface area contributed by atoms with Crippen molar-refractivity contribution in [2.75, 3.05) is 18.2 Å². The minimum atomic E-state index is -0.449. The molecule has 0 saturated carbocycles. The van der Waals surface area contributed by atoms with E-state index in [0.29, 0.717) is 27.9 Å². The highest BCUT2D eigenvalue weighted by Gasteiger charge is 2.20. The maximum absolute atomic E-state index is 13.6. The highest BCUT2D eigenvalue weighted by Crippen LogP contribution is 2.32. The Morgan fingerprint density at radius 3 is 2.53 bits per heavy atom. The van der Waals surface area contributed by atoms with Crippen LogP contribution in [0.2, 0.25) is 0 Å². The second kappa shape index (κ2) is 10.0. The number of esters is 1. The first kappa shape index (κ1) is 23.3. The zero-order chi connectivity index (χ0) is 25.1. The van der Waals surface area contributed by atoms with Gasteiger partial charge in [-0.3, -0.25) is 9.36 Å². The molecule has 0 spiro atoms. The largest absolute Gasteiger partial charge is 0.465 e. The Morgan fingerprint density at radius 1 is 1.03 bits per heavy atom. The highest BCUT2D eigenvalue weighted by molar-refractivity contribution is 7.99. The number of hydrogen-bond donors (Lipinski definition) is 2. The molecule has 10 heteroatoms. The molecule has 8 nitrogen and oxygen atoms in total. The first-order valence-corrected chi connectivity index (χ1v) is 11.9. The number of para-hydroxylation sites is 1. The molecular weight excluding hydrogens is 481 g/mol. The third-order valence-electron chi connectivity index (χ3n) is 5.47. The molecule has 36 heavy (non-hydrogen) atoms. The van der Waals surface area contributed by atoms with Gasteiger partial charge < -0.3 is 15.0 Å². The number of anilines is 1. The van der Waals surface area contributed by atoms with E-state index in [1.165, 1.54) is 31.0 Å². The number of benzene rings is 3. The number of aromatic amines is 1. The first-order valence-electron chi connectivity index (χ1n) is 10.9. The van der Waals surface area contributed by atoms with E-state index < -0.39 is 5.97 Å². The van der Waals surface area contributed by atoms with Crippen LogP contribution in [0.5, 0.6) is 0 Å². The number of fused-ring (bicyclic) bond motifs is 1. The second-order valence-electron chi connectivity index (χ2n) is 7.77. The van der Waals surface area contributed by atoms with Gasteiger partial charge in [-0.25, -0.2) is 9.18 Å². The standard InChI is InChI=1S/C26H20FN5O3S/c1-35-25(34)16-6-10-18(11-7-16)29-23(33)15-36-26-31-30-24(32(26)19-12-8-17(27)9-13-19)21-14-28-22-5-3-2-4-20(21)22/h2-14,28H,15H2,1H3,(H,29,33). The molecule has 5 aromatic rings. The fourth-order valence-corrected chi connectivity index (χ4v) is 4.50. The molecule has 180 valence electrons. The second-order valence-corrected chi connectivity index (χ2v) is 8.71. The molecule has 0 aliphatic carbocycles.